The molecule has 0 saturated heterocycles. The number of sulfonamides is 1. The second-order valence-corrected chi connectivity index (χ2v) is 9.84. The van der Waals surface area contributed by atoms with Crippen LogP contribution in [0.3, 0.4) is 0 Å². The average Bonchev–Trinajstić information content (AvgIpc) is 3.20. The SMILES string of the molecule is COc1ccc(CN(C2CCCC2)S(=O)(=O)c2ccc(C)cc2)cc1OC(C)C. The van der Waals surface area contributed by atoms with Crippen LogP contribution >= 0.6 is 0 Å². The Balaban J connectivity index is 1.95. The highest BCUT2D eigenvalue weighted by Crippen LogP contribution is 2.33. The van der Waals surface area contributed by atoms with Crippen molar-refractivity contribution < 1.29 is 17.9 Å². The van der Waals surface area contributed by atoms with Crippen LogP contribution < -0.4 is 9.47 Å². The lowest BCUT2D eigenvalue weighted by Gasteiger charge is -2.28. The molecule has 1 saturated carbocycles. The molecule has 1 fully saturated rings. The zero-order valence-corrected chi connectivity index (χ0v) is 18.5. The summed E-state index contributed by atoms with van der Waals surface area (Å²) in [5.41, 5.74) is 1.94. The minimum atomic E-state index is -3.59. The molecule has 1 aliphatic rings. The van der Waals surface area contributed by atoms with Gasteiger partial charge in [-0.25, -0.2) is 8.42 Å². The van der Waals surface area contributed by atoms with E-state index in [2.05, 4.69) is 0 Å². The Morgan fingerprint density at radius 1 is 1.03 bits per heavy atom. The molecule has 5 nitrogen and oxygen atoms in total. The predicted molar refractivity (Wildman–Crippen MR) is 115 cm³/mol. The molecular formula is C23H31NO4S. The summed E-state index contributed by atoms with van der Waals surface area (Å²) < 4.78 is 39.9. The monoisotopic (exact) mass is 417 g/mol. The summed E-state index contributed by atoms with van der Waals surface area (Å²) in [6, 6.07) is 12.8. The van der Waals surface area contributed by atoms with E-state index in [9.17, 15) is 8.42 Å². The summed E-state index contributed by atoms with van der Waals surface area (Å²) in [4.78, 5) is 0.349. The number of nitrogens with zero attached hydrogens (tertiary/aromatic N) is 1. The molecule has 2 aromatic carbocycles. The van der Waals surface area contributed by atoms with Gasteiger partial charge in [0.1, 0.15) is 0 Å². The summed E-state index contributed by atoms with van der Waals surface area (Å²) >= 11 is 0. The first-order valence-electron chi connectivity index (χ1n) is 10.2. The van der Waals surface area contributed by atoms with Crippen LogP contribution in [0.4, 0.5) is 0 Å². The summed E-state index contributed by atoms with van der Waals surface area (Å²) in [5.74, 6) is 1.29. The Labute approximate surface area is 174 Å². The van der Waals surface area contributed by atoms with E-state index in [0.29, 0.717) is 22.9 Å². The number of hydrogen-bond acceptors (Lipinski definition) is 4. The minimum Gasteiger partial charge on any atom is -0.493 e. The molecule has 0 atom stereocenters. The first-order chi connectivity index (χ1) is 13.8. The summed E-state index contributed by atoms with van der Waals surface area (Å²) in [6.07, 6.45) is 3.93. The van der Waals surface area contributed by atoms with Gasteiger partial charge in [0, 0.05) is 12.6 Å². The number of benzene rings is 2. The van der Waals surface area contributed by atoms with Crippen molar-refractivity contribution in [3.8, 4) is 11.5 Å². The second-order valence-electron chi connectivity index (χ2n) is 7.95. The van der Waals surface area contributed by atoms with E-state index in [-0.39, 0.29) is 12.1 Å². The molecule has 29 heavy (non-hydrogen) atoms. The van der Waals surface area contributed by atoms with Crippen molar-refractivity contribution in [2.45, 2.75) is 70.0 Å². The van der Waals surface area contributed by atoms with Gasteiger partial charge in [0.05, 0.1) is 18.1 Å². The van der Waals surface area contributed by atoms with Crippen molar-refractivity contribution in [2.24, 2.45) is 0 Å². The fourth-order valence-electron chi connectivity index (χ4n) is 3.79. The molecule has 0 amide bonds. The summed E-state index contributed by atoms with van der Waals surface area (Å²) in [5, 5.41) is 0. The van der Waals surface area contributed by atoms with Crippen LogP contribution in [0.5, 0.6) is 11.5 Å². The van der Waals surface area contributed by atoms with Gasteiger partial charge in [-0.2, -0.15) is 4.31 Å². The third kappa shape index (κ3) is 5.11. The van der Waals surface area contributed by atoms with Crippen LogP contribution in [0.2, 0.25) is 0 Å². The molecule has 0 spiro atoms. The molecule has 0 N–H and O–H groups in total. The van der Waals surface area contributed by atoms with Gasteiger partial charge in [-0.1, -0.05) is 36.6 Å². The number of hydrogen-bond donors (Lipinski definition) is 0. The van der Waals surface area contributed by atoms with Gasteiger partial charge in [-0.15, -0.1) is 0 Å². The Kier molecular flexibility index (Phi) is 6.85. The van der Waals surface area contributed by atoms with Crippen molar-refractivity contribution in [2.75, 3.05) is 7.11 Å². The lowest BCUT2D eigenvalue weighted by atomic mass is 10.1. The zero-order chi connectivity index (χ0) is 21.0. The van der Waals surface area contributed by atoms with Crippen molar-refractivity contribution in [3.63, 3.8) is 0 Å². The van der Waals surface area contributed by atoms with Gasteiger partial charge in [0.15, 0.2) is 11.5 Å². The molecule has 0 unspecified atom stereocenters. The quantitative estimate of drug-likeness (QED) is 0.611. The van der Waals surface area contributed by atoms with Gasteiger partial charge < -0.3 is 9.47 Å². The van der Waals surface area contributed by atoms with Gasteiger partial charge in [-0.3, -0.25) is 0 Å². The molecule has 2 aromatic rings. The van der Waals surface area contributed by atoms with E-state index < -0.39 is 10.0 Å². The topological polar surface area (TPSA) is 55.8 Å². The highest BCUT2D eigenvalue weighted by Gasteiger charge is 2.33. The molecule has 0 bridgehead atoms. The molecule has 6 heteroatoms. The maximum absolute atomic E-state index is 13.5. The van der Waals surface area contributed by atoms with E-state index in [4.69, 9.17) is 9.47 Å². The standard InChI is InChI=1S/C23H31NO4S/c1-17(2)28-23-15-19(11-14-22(23)27-4)16-24(20-7-5-6-8-20)29(25,26)21-12-9-18(3)10-13-21/h9-15,17,20H,5-8,16H2,1-4H3. The molecule has 1 aliphatic carbocycles. The third-order valence-electron chi connectivity index (χ3n) is 5.29. The van der Waals surface area contributed by atoms with E-state index in [0.717, 1.165) is 36.8 Å². The Hall–Kier alpha value is -2.05. The maximum Gasteiger partial charge on any atom is 0.243 e. The smallest absolute Gasteiger partial charge is 0.243 e. The third-order valence-corrected chi connectivity index (χ3v) is 7.20. The molecule has 0 heterocycles. The van der Waals surface area contributed by atoms with Gasteiger partial charge in [0.25, 0.3) is 0 Å². The van der Waals surface area contributed by atoms with Crippen molar-refractivity contribution in [1.29, 1.82) is 0 Å². The van der Waals surface area contributed by atoms with Crippen LogP contribution in [0.25, 0.3) is 0 Å². The number of ether oxygens (including phenoxy) is 2. The largest absolute Gasteiger partial charge is 0.493 e. The van der Waals surface area contributed by atoms with Crippen LogP contribution in [-0.4, -0.2) is 32.0 Å². The zero-order valence-electron chi connectivity index (χ0n) is 17.7. The van der Waals surface area contributed by atoms with E-state index in [1.165, 1.54) is 0 Å². The average molecular weight is 418 g/mol. The van der Waals surface area contributed by atoms with Crippen LogP contribution in [-0.2, 0) is 16.6 Å². The van der Waals surface area contributed by atoms with E-state index >= 15 is 0 Å². The van der Waals surface area contributed by atoms with Crippen LogP contribution in [0, 0.1) is 6.92 Å². The van der Waals surface area contributed by atoms with E-state index in [1.807, 2.05) is 51.1 Å². The van der Waals surface area contributed by atoms with Gasteiger partial charge in [0.2, 0.25) is 10.0 Å². The highest BCUT2D eigenvalue weighted by atomic mass is 32.2. The lowest BCUT2D eigenvalue weighted by molar-refractivity contribution is 0.229. The number of rotatable bonds is 8. The minimum absolute atomic E-state index is 0.00127. The lowest BCUT2D eigenvalue weighted by Crippen LogP contribution is -2.38. The normalized spacial score (nSPS) is 15.2. The molecule has 3 rings (SSSR count). The van der Waals surface area contributed by atoms with Gasteiger partial charge in [-0.05, 0) is 63.4 Å². The van der Waals surface area contributed by atoms with Crippen molar-refractivity contribution in [3.05, 3.63) is 53.6 Å². The fourth-order valence-corrected chi connectivity index (χ4v) is 5.47. The van der Waals surface area contributed by atoms with E-state index in [1.54, 1.807) is 23.5 Å². The number of aryl methyl sites for hydroxylation is 1. The Morgan fingerprint density at radius 3 is 2.28 bits per heavy atom. The van der Waals surface area contributed by atoms with Crippen LogP contribution in [0.15, 0.2) is 47.4 Å². The first-order valence-corrected chi connectivity index (χ1v) is 11.7. The summed E-state index contributed by atoms with van der Waals surface area (Å²) in [6.45, 7) is 6.19. The first kappa shape index (κ1) is 21.7. The van der Waals surface area contributed by atoms with Crippen molar-refractivity contribution in [1.82, 2.24) is 4.31 Å². The predicted octanol–water partition coefficient (Wildman–Crippen LogP) is 4.92. The van der Waals surface area contributed by atoms with Crippen LogP contribution in [0.1, 0.15) is 50.7 Å². The maximum atomic E-state index is 13.5. The molecule has 0 radical (unpaired) electrons. The highest BCUT2D eigenvalue weighted by molar-refractivity contribution is 7.89. The Morgan fingerprint density at radius 2 is 1.69 bits per heavy atom. The summed E-state index contributed by atoms with van der Waals surface area (Å²) in [7, 11) is -1.98. The van der Waals surface area contributed by atoms with Gasteiger partial charge >= 0.3 is 0 Å². The molecule has 158 valence electrons. The second kappa shape index (κ2) is 9.18. The van der Waals surface area contributed by atoms with Crippen molar-refractivity contribution >= 4 is 10.0 Å². The molecule has 0 aromatic heterocycles. The molecular weight excluding hydrogens is 386 g/mol. The number of methoxy groups -OCH3 is 1. The fraction of sp³-hybridized carbons (Fsp3) is 0.478. The molecule has 0 aliphatic heterocycles. The Bertz CT molecular complexity index is 916.